The van der Waals surface area contributed by atoms with Crippen LogP contribution < -0.4 is 5.73 Å². The molecule has 0 aliphatic rings. The van der Waals surface area contributed by atoms with Gasteiger partial charge in [0.2, 0.25) is 0 Å². The summed E-state index contributed by atoms with van der Waals surface area (Å²) in [6.07, 6.45) is 1.83. The number of hydrogen-bond donors (Lipinski definition) is 1. The van der Waals surface area contributed by atoms with Gasteiger partial charge >= 0.3 is 0 Å². The molecule has 3 heteroatoms. The van der Waals surface area contributed by atoms with Crippen molar-refractivity contribution >= 4 is 11.8 Å². The molecule has 1 aromatic heterocycles. The molecule has 0 bridgehead atoms. The van der Waals surface area contributed by atoms with Crippen LogP contribution in [-0.4, -0.2) is 10.7 Å². The van der Waals surface area contributed by atoms with Crippen molar-refractivity contribution in [1.82, 2.24) is 4.98 Å². The first-order valence-corrected chi connectivity index (χ1v) is 5.93. The predicted octanol–water partition coefficient (Wildman–Crippen LogP) is 2.85. The van der Waals surface area contributed by atoms with Gasteiger partial charge in [0, 0.05) is 23.6 Å². The molecule has 0 spiro atoms. The van der Waals surface area contributed by atoms with Gasteiger partial charge in [-0.2, -0.15) is 0 Å². The summed E-state index contributed by atoms with van der Waals surface area (Å²) >= 11 is 1.79. The molecule has 2 N–H and O–H groups in total. The molecule has 0 aliphatic carbocycles. The third kappa shape index (κ3) is 3.31. The van der Waals surface area contributed by atoms with E-state index in [9.17, 15) is 0 Å². The van der Waals surface area contributed by atoms with Crippen molar-refractivity contribution in [2.24, 2.45) is 11.7 Å². The number of nitrogens with zero attached hydrogens (tertiary/aromatic N) is 1. The third-order valence-electron chi connectivity index (χ3n) is 1.84. The van der Waals surface area contributed by atoms with E-state index in [0.29, 0.717) is 5.92 Å². The normalized spacial score (nSPS) is 13.2. The van der Waals surface area contributed by atoms with Gasteiger partial charge in [0.1, 0.15) is 5.03 Å². The Morgan fingerprint density at radius 2 is 2.14 bits per heavy atom. The average molecular weight is 210 g/mol. The van der Waals surface area contributed by atoms with Gasteiger partial charge in [0.25, 0.3) is 0 Å². The van der Waals surface area contributed by atoms with Crippen molar-refractivity contribution in [3.8, 4) is 0 Å². The molecule has 1 atom stereocenters. The molecule has 0 unspecified atom stereocenters. The van der Waals surface area contributed by atoms with Crippen molar-refractivity contribution in [3.05, 3.63) is 23.9 Å². The molecule has 0 fully saturated rings. The van der Waals surface area contributed by atoms with E-state index in [2.05, 4.69) is 24.9 Å². The fraction of sp³-hybridized carbons (Fsp3) is 0.545. The van der Waals surface area contributed by atoms with E-state index < -0.39 is 0 Å². The maximum Gasteiger partial charge on any atom is 0.101 e. The van der Waals surface area contributed by atoms with Crippen LogP contribution in [0.1, 0.15) is 32.4 Å². The zero-order valence-electron chi connectivity index (χ0n) is 9.03. The molecular weight excluding hydrogens is 192 g/mol. The Morgan fingerprint density at radius 3 is 2.71 bits per heavy atom. The lowest BCUT2D eigenvalue weighted by atomic mass is 10.2. The third-order valence-corrected chi connectivity index (χ3v) is 3.29. The minimum Gasteiger partial charge on any atom is -0.324 e. The molecule has 2 nitrogen and oxygen atoms in total. The summed E-state index contributed by atoms with van der Waals surface area (Å²) in [6, 6.07) is 4.07. The van der Waals surface area contributed by atoms with Crippen LogP contribution in [0.25, 0.3) is 0 Å². The van der Waals surface area contributed by atoms with E-state index >= 15 is 0 Å². The van der Waals surface area contributed by atoms with E-state index in [1.54, 1.807) is 11.8 Å². The summed E-state index contributed by atoms with van der Waals surface area (Å²) in [5.74, 6) is 1.78. The smallest absolute Gasteiger partial charge is 0.101 e. The van der Waals surface area contributed by atoms with E-state index in [4.69, 9.17) is 5.73 Å². The molecule has 1 rings (SSSR count). The SMILES string of the molecule is CC(C)CSc1ncccc1[C@@H](C)N. The Labute approximate surface area is 90.3 Å². The van der Waals surface area contributed by atoms with Gasteiger partial charge in [0.05, 0.1) is 0 Å². The Morgan fingerprint density at radius 1 is 1.43 bits per heavy atom. The van der Waals surface area contributed by atoms with Crippen molar-refractivity contribution in [2.75, 3.05) is 5.75 Å². The van der Waals surface area contributed by atoms with E-state index in [1.165, 1.54) is 0 Å². The zero-order valence-corrected chi connectivity index (χ0v) is 9.84. The molecule has 0 aliphatic heterocycles. The summed E-state index contributed by atoms with van der Waals surface area (Å²) in [5, 5.41) is 1.08. The summed E-state index contributed by atoms with van der Waals surface area (Å²) < 4.78 is 0. The Balaban J connectivity index is 2.74. The molecule has 78 valence electrons. The maximum absolute atomic E-state index is 5.87. The van der Waals surface area contributed by atoms with Gasteiger partial charge in [-0.25, -0.2) is 4.98 Å². The first-order valence-electron chi connectivity index (χ1n) is 4.94. The number of thioether (sulfide) groups is 1. The number of hydrogen-bond acceptors (Lipinski definition) is 3. The molecule has 0 amide bonds. The van der Waals surface area contributed by atoms with Crippen molar-refractivity contribution in [2.45, 2.75) is 31.8 Å². The van der Waals surface area contributed by atoms with Crippen LogP contribution in [0.15, 0.2) is 23.4 Å². The Kier molecular flexibility index (Phi) is 4.42. The van der Waals surface area contributed by atoms with Gasteiger partial charge in [-0.1, -0.05) is 19.9 Å². The highest BCUT2D eigenvalue weighted by molar-refractivity contribution is 7.99. The molecule has 0 saturated carbocycles. The highest BCUT2D eigenvalue weighted by Crippen LogP contribution is 2.25. The number of nitrogens with two attached hydrogens (primary N) is 1. The summed E-state index contributed by atoms with van der Waals surface area (Å²) in [5.41, 5.74) is 7.02. The van der Waals surface area contributed by atoms with Gasteiger partial charge < -0.3 is 5.73 Å². The predicted molar refractivity (Wildman–Crippen MR) is 62.4 cm³/mol. The van der Waals surface area contributed by atoms with Gasteiger partial charge in [-0.3, -0.25) is 0 Å². The summed E-state index contributed by atoms with van der Waals surface area (Å²) in [7, 11) is 0. The van der Waals surface area contributed by atoms with Crippen LogP contribution in [0.3, 0.4) is 0 Å². The summed E-state index contributed by atoms with van der Waals surface area (Å²) in [6.45, 7) is 6.42. The second-order valence-electron chi connectivity index (χ2n) is 3.89. The number of rotatable bonds is 4. The van der Waals surface area contributed by atoms with Crippen LogP contribution in [-0.2, 0) is 0 Å². The van der Waals surface area contributed by atoms with Gasteiger partial charge in [0.15, 0.2) is 0 Å². The average Bonchev–Trinajstić information content (AvgIpc) is 2.15. The second-order valence-corrected chi connectivity index (χ2v) is 4.90. The molecule has 1 heterocycles. The molecular formula is C11H18N2S. The molecule has 1 aromatic rings. The standard InChI is InChI=1S/C11H18N2S/c1-8(2)7-14-11-10(9(3)12)5-4-6-13-11/h4-6,8-9H,7,12H2,1-3H3/t9-/m1/s1. The lowest BCUT2D eigenvalue weighted by Crippen LogP contribution is -2.07. The van der Waals surface area contributed by atoms with E-state index in [-0.39, 0.29) is 6.04 Å². The zero-order chi connectivity index (χ0) is 10.6. The lowest BCUT2D eigenvalue weighted by molar-refractivity contribution is 0.744. The van der Waals surface area contributed by atoms with Gasteiger partial charge in [-0.05, 0) is 18.9 Å². The van der Waals surface area contributed by atoms with Crippen LogP contribution >= 0.6 is 11.8 Å². The van der Waals surface area contributed by atoms with E-state index in [0.717, 1.165) is 16.3 Å². The highest BCUT2D eigenvalue weighted by Gasteiger charge is 2.08. The molecule has 0 radical (unpaired) electrons. The topological polar surface area (TPSA) is 38.9 Å². The molecule has 0 aromatic carbocycles. The molecule has 14 heavy (non-hydrogen) atoms. The van der Waals surface area contributed by atoms with Gasteiger partial charge in [-0.15, -0.1) is 11.8 Å². The number of pyridine rings is 1. The fourth-order valence-corrected chi connectivity index (χ4v) is 2.16. The number of aromatic nitrogens is 1. The minimum atomic E-state index is 0.0679. The first-order chi connectivity index (χ1) is 6.61. The van der Waals surface area contributed by atoms with Crippen LogP contribution in [0.4, 0.5) is 0 Å². The maximum atomic E-state index is 5.87. The fourth-order valence-electron chi connectivity index (χ4n) is 1.12. The van der Waals surface area contributed by atoms with Crippen LogP contribution in [0, 0.1) is 5.92 Å². The Bertz CT molecular complexity index is 284. The van der Waals surface area contributed by atoms with Crippen LogP contribution in [0.2, 0.25) is 0 Å². The van der Waals surface area contributed by atoms with Crippen molar-refractivity contribution in [1.29, 1.82) is 0 Å². The quantitative estimate of drug-likeness (QED) is 0.777. The summed E-state index contributed by atoms with van der Waals surface area (Å²) in [4.78, 5) is 4.35. The van der Waals surface area contributed by atoms with Crippen molar-refractivity contribution < 1.29 is 0 Å². The second kappa shape index (κ2) is 5.37. The minimum absolute atomic E-state index is 0.0679. The van der Waals surface area contributed by atoms with E-state index in [1.807, 2.05) is 19.2 Å². The Hall–Kier alpha value is -0.540. The molecule has 0 saturated heterocycles. The first kappa shape index (κ1) is 11.5. The highest BCUT2D eigenvalue weighted by atomic mass is 32.2. The largest absolute Gasteiger partial charge is 0.324 e. The van der Waals surface area contributed by atoms with Crippen LogP contribution in [0.5, 0.6) is 0 Å². The lowest BCUT2D eigenvalue weighted by Gasteiger charge is -2.11. The van der Waals surface area contributed by atoms with Crippen molar-refractivity contribution in [3.63, 3.8) is 0 Å². The monoisotopic (exact) mass is 210 g/mol.